The molecular weight excluding hydrogens is 306 g/mol. The molecule has 0 saturated carbocycles. The largest absolute Gasteiger partial charge is 0.296 e. The molecule has 8 heteroatoms. The lowest BCUT2D eigenvalue weighted by molar-refractivity contribution is -0.384. The average molecular weight is 327 g/mol. The molecule has 1 aromatic rings. The predicted molar refractivity (Wildman–Crippen MR) is 84.0 cm³/mol. The van der Waals surface area contributed by atoms with Gasteiger partial charge in [0.2, 0.25) is 10.0 Å². The highest BCUT2D eigenvalue weighted by Gasteiger charge is 2.26. The highest BCUT2D eigenvalue weighted by Crippen LogP contribution is 2.16. The number of benzene rings is 1. The van der Waals surface area contributed by atoms with Gasteiger partial charge in [0.1, 0.15) is 0 Å². The number of nitrogens with zero attached hydrogens (tertiary/aromatic N) is 3. The molecule has 1 aromatic carbocycles. The summed E-state index contributed by atoms with van der Waals surface area (Å²) in [6, 6.07) is 6.57. The third kappa shape index (κ3) is 4.25. The molecular formula is C14H21N3O4S. The smallest absolute Gasteiger partial charge is 0.269 e. The van der Waals surface area contributed by atoms with E-state index in [1.807, 2.05) is 13.0 Å². The lowest BCUT2D eigenvalue weighted by atomic mass is 10.2. The Morgan fingerprint density at radius 2 is 1.91 bits per heavy atom. The Bertz CT molecular complexity index is 625. The Labute approximate surface area is 130 Å². The first-order valence-electron chi connectivity index (χ1n) is 7.36. The second-order valence-electron chi connectivity index (χ2n) is 5.42. The van der Waals surface area contributed by atoms with Gasteiger partial charge in [-0.15, -0.1) is 0 Å². The van der Waals surface area contributed by atoms with Gasteiger partial charge in [-0.25, -0.2) is 8.42 Å². The van der Waals surface area contributed by atoms with Gasteiger partial charge in [0.05, 0.1) is 10.7 Å². The number of non-ortho nitro benzene ring substituents is 1. The molecule has 0 bridgehead atoms. The number of piperazine rings is 1. The minimum absolute atomic E-state index is 0.0849. The van der Waals surface area contributed by atoms with Crippen LogP contribution >= 0.6 is 0 Å². The van der Waals surface area contributed by atoms with Crippen molar-refractivity contribution in [3.8, 4) is 0 Å². The number of nitro groups is 1. The standard InChI is InChI=1S/C14H21N3O4S/c1-2-10-22(20,21)16-8-6-15(7-9-16)12-13-4-3-5-14(11-13)17(18)19/h3-5,11H,2,6-10,12H2,1H3. The first-order chi connectivity index (χ1) is 10.4. The van der Waals surface area contributed by atoms with Crippen LogP contribution in [0, 0.1) is 10.1 Å². The first kappa shape index (κ1) is 16.9. The third-order valence-corrected chi connectivity index (χ3v) is 5.79. The monoisotopic (exact) mass is 327 g/mol. The van der Waals surface area contributed by atoms with E-state index in [2.05, 4.69) is 4.90 Å². The van der Waals surface area contributed by atoms with Crippen molar-refractivity contribution >= 4 is 15.7 Å². The molecule has 7 nitrogen and oxygen atoms in total. The van der Waals surface area contributed by atoms with Crippen LogP contribution in [-0.4, -0.2) is 54.5 Å². The van der Waals surface area contributed by atoms with Crippen molar-refractivity contribution in [3.05, 3.63) is 39.9 Å². The molecule has 1 saturated heterocycles. The van der Waals surface area contributed by atoms with Crippen LogP contribution in [0.5, 0.6) is 0 Å². The SMILES string of the molecule is CCCS(=O)(=O)N1CCN(Cc2cccc([N+](=O)[O-])c2)CC1. The minimum Gasteiger partial charge on any atom is -0.296 e. The highest BCUT2D eigenvalue weighted by molar-refractivity contribution is 7.89. The number of hydrogen-bond donors (Lipinski definition) is 0. The van der Waals surface area contributed by atoms with Crippen LogP contribution in [0.25, 0.3) is 0 Å². The van der Waals surface area contributed by atoms with E-state index in [9.17, 15) is 18.5 Å². The van der Waals surface area contributed by atoms with E-state index in [1.165, 1.54) is 6.07 Å². The van der Waals surface area contributed by atoms with Gasteiger partial charge in [0.15, 0.2) is 0 Å². The molecule has 0 unspecified atom stereocenters. The van der Waals surface area contributed by atoms with E-state index in [4.69, 9.17) is 0 Å². The number of sulfonamides is 1. The van der Waals surface area contributed by atoms with Gasteiger partial charge in [0.25, 0.3) is 5.69 Å². The lowest BCUT2D eigenvalue weighted by Gasteiger charge is -2.33. The number of hydrogen-bond acceptors (Lipinski definition) is 5. The summed E-state index contributed by atoms with van der Waals surface area (Å²) < 4.78 is 25.5. The van der Waals surface area contributed by atoms with Gasteiger partial charge in [-0.2, -0.15) is 4.31 Å². The van der Waals surface area contributed by atoms with Crippen molar-refractivity contribution in [1.29, 1.82) is 0 Å². The summed E-state index contributed by atoms with van der Waals surface area (Å²) in [4.78, 5) is 12.5. The maximum Gasteiger partial charge on any atom is 0.269 e. The van der Waals surface area contributed by atoms with E-state index >= 15 is 0 Å². The Morgan fingerprint density at radius 3 is 2.50 bits per heavy atom. The molecule has 1 aliphatic heterocycles. The normalized spacial score (nSPS) is 17.5. The van der Waals surface area contributed by atoms with Crippen molar-refractivity contribution in [1.82, 2.24) is 9.21 Å². The maximum absolute atomic E-state index is 12.0. The first-order valence-corrected chi connectivity index (χ1v) is 8.97. The van der Waals surface area contributed by atoms with Crippen molar-refractivity contribution < 1.29 is 13.3 Å². The second-order valence-corrected chi connectivity index (χ2v) is 7.51. The van der Waals surface area contributed by atoms with E-state index in [0.717, 1.165) is 5.56 Å². The molecule has 0 spiro atoms. The minimum atomic E-state index is -3.13. The molecule has 0 atom stereocenters. The van der Waals surface area contributed by atoms with E-state index in [-0.39, 0.29) is 11.4 Å². The maximum atomic E-state index is 12.0. The molecule has 0 amide bonds. The summed E-state index contributed by atoms with van der Waals surface area (Å²) in [5, 5.41) is 10.8. The van der Waals surface area contributed by atoms with Gasteiger partial charge < -0.3 is 0 Å². The lowest BCUT2D eigenvalue weighted by Crippen LogP contribution is -2.48. The molecule has 0 radical (unpaired) electrons. The van der Waals surface area contributed by atoms with Gasteiger partial charge in [-0.3, -0.25) is 15.0 Å². The molecule has 122 valence electrons. The summed E-state index contributed by atoms with van der Waals surface area (Å²) in [6.07, 6.45) is 0.621. The van der Waals surface area contributed by atoms with Crippen molar-refractivity contribution in [2.45, 2.75) is 19.9 Å². The number of rotatable bonds is 6. The van der Waals surface area contributed by atoms with Crippen LogP contribution < -0.4 is 0 Å². The molecule has 22 heavy (non-hydrogen) atoms. The molecule has 0 aliphatic carbocycles. The summed E-state index contributed by atoms with van der Waals surface area (Å²) in [7, 11) is -3.13. The number of nitro benzene ring substituents is 1. The van der Waals surface area contributed by atoms with Crippen molar-refractivity contribution in [2.24, 2.45) is 0 Å². The summed E-state index contributed by atoms with van der Waals surface area (Å²) >= 11 is 0. The molecule has 0 N–H and O–H groups in total. The fourth-order valence-electron chi connectivity index (χ4n) is 2.58. The average Bonchev–Trinajstić information content (AvgIpc) is 2.48. The quantitative estimate of drug-likeness (QED) is 0.583. The van der Waals surface area contributed by atoms with Crippen molar-refractivity contribution in [2.75, 3.05) is 31.9 Å². The van der Waals surface area contributed by atoms with Crippen LogP contribution in [-0.2, 0) is 16.6 Å². The highest BCUT2D eigenvalue weighted by atomic mass is 32.2. The van der Waals surface area contributed by atoms with E-state index in [1.54, 1.807) is 16.4 Å². The van der Waals surface area contributed by atoms with E-state index < -0.39 is 14.9 Å². The van der Waals surface area contributed by atoms with Crippen LogP contribution in [0.15, 0.2) is 24.3 Å². The second kappa shape index (κ2) is 7.17. The summed E-state index contributed by atoms with van der Waals surface area (Å²) in [5.74, 6) is 0.192. The fraction of sp³-hybridized carbons (Fsp3) is 0.571. The molecule has 1 heterocycles. The Morgan fingerprint density at radius 1 is 1.23 bits per heavy atom. The van der Waals surface area contributed by atoms with Crippen LogP contribution in [0.3, 0.4) is 0 Å². The van der Waals surface area contributed by atoms with Crippen molar-refractivity contribution in [3.63, 3.8) is 0 Å². The molecule has 1 aliphatic rings. The molecule has 1 fully saturated rings. The van der Waals surface area contributed by atoms with Crippen LogP contribution in [0.1, 0.15) is 18.9 Å². The van der Waals surface area contributed by atoms with Gasteiger partial charge in [-0.1, -0.05) is 19.1 Å². The summed E-state index contributed by atoms with van der Waals surface area (Å²) in [6.45, 7) is 4.71. The van der Waals surface area contributed by atoms with Crippen LogP contribution in [0.4, 0.5) is 5.69 Å². The van der Waals surface area contributed by atoms with Gasteiger partial charge >= 0.3 is 0 Å². The fourth-order valence-corrected chi connectivity index (χ4v) is 4.07. The zero-order chi connectivity index (χ0) is 16.2. The predicted octanol–water partition coefficient (Wildman–Crippen LogP) is 1.45. The van der Waals surface area contributed by atoms with Gasteiger partial charge in [0, 0.05) is 44.9 Å². The Balaban J connectivity index is 1.93. The van der Waals surface area contributed by atoms with Crippen LogP contribution in [0.2, 0.25) is 0 Å². The Kier molecular flexibility index (Phi) is 5.49. The third-order valence-electron chi connectivity index (χ3n) is 3.71. The zero-order valence-electron chi connectivity index (χ0n) is 12.6. The van der Waals surface area contributed by atoms with Gasteiger partial charge in [-0.05, 0) is 12.0 Å². The zero-order valence-corrected chi connectivity index (χ0v) is 13.5. The molecule has 0 aromatic heterocycles. The molecule has 2 rings (SSSR count). The summed E-state index contributed by atoms with van der Waals surface area (Å²) in [5.41, 5.74) is 0.959. The Hall–Kier alpha value is -1.51. The van der Waals surface area contributed by atoms with E-state index in [0.29, 0.717) is 39.1 Å². The topological polar surface area (TPSA) is 83.8 Å².